The molecule has 5 heteroatoms. The van der Waals surface area contributed by atoms with Gasteiger partial charge in [-0.25, -0.2) is 4.98 Å². The van der Waals surface area contributed by atoms with Crippen molar-refractivity contribution in [3.8, 4) is 33.6 Å². The van der Waals surface area contributed by atoms with Crippen molar-refractivity contribution in [1.82, 2.24) is 15.0 Å². The predicted octanol–water partition coefficient (Wildman–Crippen LogP) is 11.9. The van der Waals surface area contributed by atoms with E-state index in [0.29, 0.717) is 55.7 Å². The summed E-state index contributed by atoms with van der Waals surface area (Å²) in [7, 11) is 0. The molecule has 0 saturated heterocycles. The number of fused-ring (bicyclic) bond motifs is 3. The Bertz CT molecular complexity index is 2820. The Hall–Kier alpha value is -5.22. The van der Waals surface area contributed by atoms with Gasteiger partial charge in [-0.05, 0) is 76.9 Å². The largest absolute Gasteiger partial charge is 0.486 e. The van der Waals surface area contributed by atoms with Gasteiger partial charge in [-0.15, -0.1) is 47.5 Å². The molecule has 0 aliphatic rings. The molecule has 4 aromatic carbocycles. The first-order chi connectivity index (χ1) is 28.7. The Morgan fingerprint density at radius 3 is 2.29 bits per heavy atom. The first-order valence-corrected chi connectivity index (χ1v) is 16.5. The maximum absolute atomic E-state index is 8.64. The number of pyridine rings is 3. The van der Waals surface area contributed by atoms with Crippen molar-refractivity contribution >= 4 is 22.1 Å². The maximum atomic E-state index is 8.64. The first kappa shape index (κ1) is 25.7. The fraction of sp³-hybridized carbons (Fsp3) is 0.170. The molecule has 52 heavy (non-hydrogen) atoms. The van der Waals surface area contributed by atoms with Crippen molar-refractivity contribution in [2.24, 2.45) is 5.41 Å². The van der Waals surface area contributed by atoms with E-state index in [9.17, 15) is 0 Å². The zero-order valence-corrected chi connectivity index (χ0v) is 31.2. The third kappa shape index (κ3) is 8.62. The zero-order valence-electron chi connectivity index (χ0n) is 38.8. The molecule has 1 radical (unpaired) electrons. The third-order valence-corrected chi connectivity index (χ3v) is 7.97. The second kappa shape index (κ2) is 16.0. The van der Waals surface area contributed by atoms with Crippen LogP contribution in [0.2, 0.25) is 0 Å². The molecule has 8 aromatic rings. The average Bonchev–Trinajstić information content (AvgIpc) is 3.62. The van der Waals surface area contributed by atoms with Gasteiger partial charge in [0.2, 0.25) is 5.71 Å². The second-order valence-corrected chi connectivity index (χ2v) is 13.0. The Morgan fingerprint density at radius 2 is 1.56 bits per heavy atom. The fourth-order valence-corrected chi connectivity index (χ4v) is 5.70. The van der Waals surface area contributed by atoms with E-state index in [2.05, 4.69) is 27.1 Å². The topological polar surface area (TPSA) is 51.8 Å². The van der Waals surface area contributed by atoms with Crippen LogP contribution in [0.15, 0.2) is 138 Å². The number of aromatic nitrogens is 3. The van der Waals surface area contributed by atoms with Gasteiger partial charge in [-0.2, -0.15) is 0 Å². The summed E-state index contributed by atoms with van der Waals surface area (Å²) in [6.07, 6.45) is -0.126. The SMILES string of the molecule is [2H]C([2H])([2H])c1c[c-]c(-c2ccc(C([2H])([2H])C(C)(C)C)cn2)cc1-c1ccccc1.[2H]C([2H])([2H])c1ccc2c(n1)oc1c(-c3cc(C([2H])([2H])c4ccccc4)ccn3)[c-]ccc12.[Ir]. The first-order valence-electron chi connectivity index (χ1n) is 21.5. The van der Waals surface area contributed by atoms with Crippen molar-refractivity contribution in [2.45, 2.75) is 47.2 Å². The number of nitrogens with zero attached hydrogens (tertiary/aromatic N) is 3. The van der Waals surface area contributed by atoms with Crippen molar-refractivity contribution in [1.29, 1.82) is 0 Å². The molecule has 0 aliphatic heterocycles. The van der Waals surface area contributed by atoms with Gasteiger partial charge in [0.1, 0.15) is 0 Å². The van der Waals surface area contributed by atoms with Gasteiger partial charge in [0.05, 0.1) is 5.58 Å². The predicted molar refractivity (Wildman–Crippen MR) is 209 cm³/mol. The molecular weight excluding hydrogens is 815 g/mol. The van der Waals surface area contributed by atoms with Crippen molar-refractivity contribution < 1.29 is 38.2 Å². The van der Waals surface area contributed by atoms with Gasteiger partial charge in [0.25, 0.3) is 0 Å². The van der Waals surface area contributed by atoms with Gasteiger partial charge in [0, 0.05) is 57.3 Å². The number of furan rings is 1. The van der Waals surface area contributed by atoms with Crippen molar-refractivity contribution in [2.75, 3.05) is 0 Å². The Labute approximate surface area is 334 Å². The molecule has 0 atom stereocenters. The number of aryl methyl sites for hydroxylation is 2. The van der Waals surface area contributed by atoms with E-state index in [1.807, 2.05) is 63.2 Å². The summed E-state index contributed by atoms with van der Waals surface area (Å²) in [6.45, 7) is 0.984. The minimum Gasteiger partial charge on any atom is -0.486 e. The molecule has 4 nitrogen and oxygen atoms in total. The molecule has 4 heterocycles. The van der Waals surface area contributed by atoms with Gasteiger partial charge < -0.3 is 14.4 Å². The van der Waals surface area contributed by atoms with E-state index in [1.54, 1.807) is 79.1 Å². The summed E-state index contributed by atoms with van der Waals surface area (Å²) in [5.74, 6) is 0. The van der Waals surface area contributed by atoms with Crippen LogP contribution in [-0.4, -0.2) is 15.0 Å². The Kier molecular flexibility index (Phi) is 7.90. The minimum absolute atomic E-state index is 0. The number of rotatable bonds is 6. The van der Waals surface area contributed by atoms with Crippen LogP contribution in [0.3, 0.4) is 0 Å². The van der Waals surface area contributed by atoms with Crippen molar-refractivity contribution in [3.05, 3.63) is 174 Å². The monoisotopic (exact) mass is 866 g/mol. The van der Waals surface area contributed by atoms with Crippen LogP contribution in [0.4, 0.5) is 0 Å². The molecule has 0 bridgehead atoms. The van der Waals surface area contributed by atoms with E-state index in [0.717, 1.165) is 10.9 Å². The second-order valence-electron chi connectivity index (χ2n) is 13.0. The van der Waals surface area contributed by atoms with Crippen molar-refractivity contribution in [3.63, 3.8) is 0 Å². The molecule has 261 valence electrons. The molecule has 0 fully saturated rings. The molecule has 0 N–H and O–H groups in total. The molecular formula is C47H41IrN3O-2. The number of hydrogen-bond acceptors (Lipinski definition) is 4. The van der Waals surface area contributed by atoms with Crippen LogP contribution in [0, 0.1) is 31.3 Å². The minimum atomic E-state index is -2.33. The van der Waals surface area contributed by atoms with Crippen LogP contribution in [-0.2, 0) is 32.9 Å². The summed E-state index contributed by atoms with van der Waals surface area (Å²) in [4.78, 5) is 13.1. The molecule has 8 rings (SSSR count). The van der Waals surface area contributed by atoms with E-state index in [1.165, 1.54) is 12.1 Å². The quantitative estimate of drug-likeness (QED) is 0.156. The molecule has 0 saturated carbocycles. The van der Waals surface area contributed by atoms with Gasteiger partial charge >= 0.3 is 0 Å². The standard InChI is InChI=1S/C24H17N2O.C23H24N.Ir/c1-16-10-11-20-19-8-5-9-21(23(19)27-24(20)26-16)22-15-18(12-13-25-22)14-17-6-3-2-4-7-17;1-17-10-12-20(14-21(17)19-8-6-5-7-9-19)22-13-11-18(16-24-22)15-23(2,3)4;/h2-8,10-13,15H,14H2,1H3;5-11,13-14,16H,15H2,1-4H3;/q2*-1;/i1D3,14D2;1D3,15D2;. The molecule has 0 unspecified atom stereocenters. The molecule has 0 aliphatic carbocycles. The van der Waals surface area contributed by atoms with Crippen LogP contribution >= 0.6 is 0 Å². The summed E-state index contributed by atoms with van der Waals surface area (Å²) in [6, 6.07) is 41.4. The summed E-state index contributed by atoms with van der Waals surface area (Å²) in [5.41, 5.74) is 5.64. The van der Waals surface area contributed by atoms with E-state index in [4.69, 9.17) is 18.1 Å². The number of benzene rings is 4. The normalized spacial score (nSPS) is 15.1. The van der Waals surface area contributed by atoms with Crippen LogP contribution in [0.25, 0.3) is 55.7 Å². The Balaban J connectivity index is 0.000000205. The van der Waals surface area contributed by atoms with Gasteiger partial charge in [0.15, 0.2) is 0 Å². The fourth-order valence-electron chi connectivity index (χ4n) is 5.70. The smallest absolute Gasteiger partial charge is 0.216 e. The van der Waals surface area contributed by atoms with E-state index < -0.39 is 31.9 Å². The van der Waals surface area contributed by atoms with Crippen LogP contribution < -0.4 is 0 Å². The summed E-state index contributed by atoms with van der Waals surface area (Å²) >= 11 is 0. The van der Waals surface area contributed by atoms with E-state index >= 15 is 0 Å². The summed E-state index contributed by atoms with van der Waals surface area (Å²) < 4.78 is 86.3. The molecule has 4 aromatic heterocycles. The molecule has 0 spiro atoms. The number of hydrogen-bond donors (Lipinski definition) is 0. The van der Waals surface area contributed by atoms with Crippen LogP contribution in [0.5, 0.6) is 0 Å². The Morgan fingerprint density at radius 1 is 0.750 bits per heavy atom. The third-order valence-electron chi connectivity index (χ3n) is 7.97. The average molecular weight is 866 g/mol. The van der Waals surface area contributed by atoms with Gasteiger partial charge in [-0.1, -0.05) is 123 Å². The summed E-state index contributed by atoms with van der Waals surface area (Å²) in [5, 5.41) is 1.45. The van der Waals surface area contributed by atoms with E-state index in [-0.39, 0.29) is 37.1 Å². The maximum Gasteiger partial charge on any atom is 0.216 e. The zero-order chi connectivity index (χ0) is 44.0. The van der Waals surface area contributed by atoms with Gasteiger partial charge in [-0.3, -0.25) is 0 Å². The van der Waals surface area contributed by atoms with Crippen LogP contribution in [0.1, 0.15) is 62.4 Å². The molecule has 0 amide bonds.